The summed E-state index contributed by atoms with van der Waals surface area (Å²) in [5.74, 6) is -0.595. The molecule has 1 saturated heterocycles. The average Bonchev–Trinajstić information content (AvgIpc) is 3.20. The number of hydrogen-bond acceptors (Lipinski definition) is 5. The maximum atomic E-state index is 12.7. The first-order valence-corrected chi connectivity index (χ1v) is 8.37. The molecule has 2 amide bonds. The molecule has 126 valence electrons. The molecule has 0 unspecified atom stereocenters. The molecule has 1 aromatic rings. The van der Waals surface area contributed by atoms with Crippen molar-refractivity contribution < 1.29 is 14.5 Å². The van der Waals surface area contributed by atoms with Crippen LogP contribution in [-0.2, 0) is 9.59 Å². The summed E-state index contributed by atoms with van der Waals surface area (Å²) in [6.45, 7) is 0. The molecule has 0 radical (unpaired) electrons. The third-order valence-electron chi connectivity index (χ3n) is 6.26. The Labute approximate surface area is 143 Å². The number of hydrazone groups is 1. The number of hydrogen-bond donors (Lipinski definition) is 0. The second kappa shape index (κ2) is 4.62. The van der Waals surface area contributed by atoms with Crippen molar-refractivity contribution in [3.63, 3.8) is 0 Å². The van der Waals surface area contributed by atoms with Crippen molar-refractivity contribution >= 4 is 23.7 Å². The second-order valence-electron chi connectivity index (χ2n) is 7.30. The maximum absolute atomic E-state index is 12.7. The number of allylic oxidation sites excluding steroid dienone is 2. The Morgan fingerprint density at radius 2 is 1.64 bits per heavy atom. The van der Waals surface area contributed by atoms with E-state index in [0.717, 1.165) is 17.9 Å². The Bertz CT molecular complexity index is 835. The monoisotopic (exact) mass is 337 g/mol. The molecule has 1 spiro atoms. The number of fused-ring (bicyclic) bond motifs is 3. The molecular formula is C18H15N3O4. The Morgan fingerprint density at radius 3 is 2.12 bits per heavy atom. The molecule has 4 aliphatic rings. The minimum absolute atomic E-state index is 0.0163. The first-order chi connectivity index (χ1) is 12.0. The number of benzene rings is 1. The summed E-state index contributed by atoms with van der Waals surface area (Å²) in [6.07, 6.45) is 7.85. The van der Waals surface area contributed by atoms with Gasteiger partial charge >= 0.3 is 0 Å². The van der Waals surface area contributed by atoms with Gasteiger partial charge in [0.05, 0.1) is 23.0 Å². The number of carbonyl (C=O) groups excluding carboxylic acids is 2. The first-order valence-electron chi connectivity index (χ1n) is 8.37. The van der Waals surface area contributed by atoms with E-state index in [1.165, 1.54) is 30.5 Å². The molecule has 1 aliphatic heterocycles. The van der Waals surface area contributed by atoms with Crippen LogP contribution in [0.15, 0.2) is 41.5 Å². The lowest BCUT2D eigenvalue weighted by Gasteiger charge is -2.18. The van der Waals surface area contributed by atoms with Crippen LogP contribution in [0.4, 0.5) is 5.69 Å². The summed E-state index contributed by atoms with van der Waals surface area (Å²) in [6, 6.07) is 5.81. The van der Waals surface area contributed by atoms with Gasteiger partial charge in [0, 0.05) is 12.1 Å². The standard InChI is InChI=1S/C18H15N3O4/c22-16-14-12-5-6-13(18(12)7-8-18)15(14)17(23)20(16)19-9-10-1-3-11(4-2-10)21(24)25/h1-6,9,12-15H,7-8H2/b19-9-/t12-,13-,14-,15-/m1/s1. The fraction of sp³-hybridized carbons (Fsp3) is 0.389. The minimum Gasteiger partial charge on any atom is -0.272 e. The van der Waals surface area contributed by atoms with Gasteiger partial charge in [0.2, 0.25) is 0 Å². The van der Waals surface area contributed by atoms with E-state index in [-0.39, 0.29) is 46.6 Å². The highest BCUT2D eigenvalue weighted by Gasteiger charge is 2.73. The third kappa shape index (κ3) is 1.78. The van der Waals surface area contributed by atoms with Crippen molar-refractivity contribution in [1.82, 2.24) is 5.01 Å². The molecule has 7 heteroatoms. The van der Waals surface area contributed by atoms with Crippen LogP contribution in [0, 0.1) is 39.2 Å². The van der Waals surface area contributed by atoms with Crippen LogP contribution in [0.2, 0.25) is 0 Å². The molecule has 7 nitrogen and oxygen atoms in total. The molecule has 2 bridgehead atoms. The van der Waals surface area contributed by atoms with Crippen LogP contribution in [0.25, 0.3) is 0 Å². The van der Waals surface area contributed by atoms with Gasteiger partial charge in [-0.1, -0.05) is 12.2 Å². The van der Waals surface area contributed by atoms with Crippen molar-refractivity contribution in [2.75, 3.05) is 0 Å². The van der Waals surface area contributed by atoms with Crippen LogP contribution in [-0.4, -0.2) is 28.0 Å². The zero-order chi connectivity index (χ0) is 17.3. The summed E-state index contributed by atoms with van der Waals surface area (Å²) >= 11 is 0. The molecule has 3 aliphatic carbocycles. The molecule has 1 heterocycles. The number of nitro groups is 1. The molecule has 25 heavy (non-hydrogen) atoms. The van der Waals surface area contributed by atoms with E-state index in [2.05, 4.69) is 17.3 Å². The summed E-state index contributed by atoms with van der Waals surface area (Å²) in [7, 11) is 0. The van der Waals surface area contributed by atoms with Gasteiger partial charge in [0.25, 0.3) is 17.5 Å². The number of imide groups is 1. The topological polar surface area (TPSA) is 92.9 Å². The van der Waals surface area contributed by atoms with Crippen molar-refractivity contribution in [1.29, 1.82) is 0 Å². The predicted molar refractivity (Wildman–Crippen MR) is 87.3 cm³/mol. The smallest absolute Gasteiger partial charge is 0.269 e. The highest BCUT2D eigenvalue weighted by Crippen LogP contribution is 2.73. The average molecular weight is 337 g/mol. The Hall–Kier alpha value is -2.83. The Morgan fingerprint density at radius 1 is 1.08 bits per heavy atom. The van der Waals surface area contributed by atoms with Crippen molar-refractivity contribution in [3.8, 4) is 0 Å². The maximum Gasteiger partial charge on any atom is 0.269 e. The number of nitrogens with zero attached hydrogens (tertiary/aromatic N) is 3. The van der Waals surface area contributed by atoms with Gasteiger partial charge < -0.3 is 0 Å². The summed E-state index contributed by atoms with van der Waals surface area (Å²) in [4.78, 5) is 35.7. The highest BCUT2D eigenvalue weighted by atomic mass is 16.6. The largest absolute Gasteiger partial charge is 0.272 e. The van der Waals surface area contributed by atoms with Crippen LogP contribution < -0.4 is 0 Å². The van der Waals surface area contributed by atoms with E-state index in [4.69, 9.17) is 0 Å². The van der Waals surface area contributed by atoms with Gasteiger partial charge in [-0.15, -0.1) is 0 Å². The molecule has 1 aromatic carbocycles. The molecule has 2 saturated carbocycles. The lowest BCUT2D eigenvalue weighted by atomic mass is 9.85. The van der Waals surface area contributed by atoms with E-state index >= 15 is 0 Å². The molecule has 5 rings (SSSR count). The van der Waals surface area contributed by atoms with Crippen molar-refractivity contribution in [2.24, 2.45) is 34.2 Å². The molecule has 4 atom stereocenters. The first kappa shape index (κ1) is 14.5. The quantitative estimate of drug-likeness (QED) is 0.278. The summed E-state index contributed by atoms with van der Waals surface area (Å²) in [5.41, 5.74) is 0.759. The van der Waals surface area contributed by atoms with Gasteiger partial charge in [0.15, 0.2) is 0 Å². The number of nitro benzene ring substituents is 1. The number of amides is 2. The van der Waals surface area contributed by atoms with E-state index in [1.54, 1.807) is 0 Å². The van der Waals surface area contributed by atoms with Gasteiger partial charge in [-0.3, -0.25) is 19.7 Å². The SMILES string of the molecule is O=C1[C@H]2[C@H](C(=O)N1/N=C\c1ccc([N+](=O)[O-])cc1)[C@H]1C=C[C@H]2C12CC2. The van der Waals surface area contributed by atoms with Crippen LogP contribution >= 0.6 is 0 Å². The highest BCUT2D eigenvalue weighted by molar-refractivity contribution is 6.07. The number of carbonyl (C=O) groups is 2. The number of rotatable bonds is 3. The van der Waals surface area contributed by atoms with E-state index in [9.17, 15) is 19.7 Å². The Balaban J connectivity index is 1.39. The minimum atomic E-state index is -0.480. The molecular weight excluding hydrogens is 322 g/mol. The van der Waals surface area contributed by atoms with Gasteiger partial charge in [-0.05, 0) is 47.8 Å². The van der Waals surface area contributed by atoms with Crippen LogP contribution in [0.1, 0.15) is 18.4 Å². The zero-order valence-electron chi connectivity index (χ0n) is 13.2. The molecule has 3 fully saturated rings. The van der Waals surface area contributed by atoms with Gasteiger partial charge in [-0.25, -0.2) is 0 Å². The van der Waals surface area contributed by atoms with Crippen molar-refractivity contribution in [2.45, 2.75) is 12.8 Å². The fourth-order valence-corrected chi connectivity index (χ4v) is 4.98. The van der Waals surface area contributed by atoms with Crippen LogP contribution in [0.3, 0.4) is 0 Å². The van der Waals surface area contributed by atoms with Crippen molar-refractivity contribution in [3.05, 3.63) is 52.1 Å². The summed E-state index contributed by atoms with van der Waals surface area (Å²) < 4.78 is 0. The third-order valence-corrected chi connectivity index (χ3v) is 6.26. The lowest BCUT2D eigenvalue weighted by molar-refractivity contribution is -0.384. The zero-order valence-corrected chi connectivity index (χ0v) is 13.2. The van der Waals surface area contributed by atoms with Crippen LogP contribution in [0.5, 0.6) is 0 Å². The molecule has 0 aromatic heterocycles. The van der Waals surface area contributed by atoms with E-state index in [0.29, 0.717) is 5.56 Å². The second-order valence-corrected chi connectivity index (χ2v) is 7.30. The molecule has 0 N–H and O–H groups in total. The predicted octanol–water partition coefficient (Wildman–Crippen LogP) is 2.13. The number of non-ortho nitro benzene ring substituents is 1. The Kier molecular flexibility index (Phi) is 2.68. The van der Waals surface area contributed by atoms with E-state index < -0.39 is 4.92 Å². The van der Waals surface area contributed by atoms with Gasteiger partial charge in [-0.2, -0.15) is 10.1 Å². The lowest BCUT2D eigenvalue weighted by Crippen LogP contribution is -2.30. The normalized spacial score (nSPS) is 33.7. The van der Waals surface area contributed by atoms with Gasteiger partial charge in [0.1, 0.15) is 0 Å². The fourth-order valence-electron chi connectivity index (χ4n) is 4.98. The summed E-state index contributed by atoms with van der Waals surface area (Å²) in [5, 5.41) is 15.8. The van der Waals surface area contributed by atoms with E-state index in [1.807, 2.05) is 0 Å².